The fourth-order valence-electron chi connectivity index (χ4n) is 1.59. The van der Waals surface area contributed by atoms with Crippen LogP contribution in [0.5, 0.6) is 0 Å². The highest BCUT2D eigenvalue weighted by molar-refractivity contribution is 9.10. The van der Waals surface area contributed by atoms with Crippen LogP contribution in [0, 0.1) is 12.8 Å². The molecule has 0 radical (unpaired) electrons. The number of halogens is 1. The molecule has 0 unspecified atom stereocenters. The Morgan fingerprint density at radius 3 is 2.79 bits per heavy atom. The van der Waals surface area contributed by atoms with E-state index in [1.54, 1.807) is 0 Å². The van der Waals surface area contributed by atoms with Crippen molar-refractivity contribution < 1.29 is 4.79 Å². The Labute approximate surface area is 92.6 Å². The Balaban J connectivity index is 2.11. The smallest absolute Gasteiger partial charge is 0.140 e. The number of hydrogen-bond donors (Lipinski definition) is 0. The number of carbonyl (C=O) groups excluding carboxylic acids is 1. The van der Waals surface area contributed by atoms with Gasteiger partial charge in [0.2, 0.25) is 0 Å². The molecule has 1 aliphatic carbocycles. The predicted molar refractivity (Wildman–Crippen MR) is 60.3 cm³/mol. The first kappa shape index (κ1) is 9.91. The van der Waals surface area contributed by atoms with E-state index in [4.69, 9.17) is 0 Å². The average Bonchev–Trinajstić information content (AvgIpc) is 2.92. The first-order chi connectivity index (χ1) is 6.66. The first-order valence-corrected chi connectivity index (χ1v) is 5.74. The number of rotatable bonds is 3. The average molecular weight is 253 g/mol. The monoisotopic (exact) mass is 252 g/mol. The Morgan fingerprint density at radius 1 is 1.50 bits per heavy atom. The van der Waals surface area contributed by atoms with Gasteiger partial charge in [0.15, 0.2) is 0 Å². The van der Waals surface area contributed by atoms with E-state index in [0.717, 1.165) is 17.3 Å². The van der Waals surface area contributed by atoms with E-state index in [1.807, 2.05) is 12.1 Å². The van der Waals surface area contributed by atoms with Crippen LogP contribution in [0.1, 0.15) is 24.0 Å². The predicted octanol–water partition coefficient (Wildman–Crippen LogP) is 3.28. The topological polar surface area (TPSA) is 17.1 Å². The molecule has 1 aliphatic rings. The van der Waals surface area contributed by atoms with Gasteiger partial charge in [-0.2, -0.15) is 0 Å². The summed E-state index contributed by atoms with van der Waals surface area (Å²) in [5, 5.41) is 0. The van der Waals surface area contributed by atoms with Gasteiger partial charge in [0.25, 0.3) is 0 Å². The van der Waals surface area contributed by atoms with E-state index in [-0.39, 0.29) is 0 Å². The highest BCUT2D eigenvalue weighted by Gasteiger charge is 2.29. The molecular formula is C12H13BrO. The minimum absolute atomic E-state index is 0.373. The van der Waals surface area contributed by atoms with Gasteiger partial charge in [-0.25, -0.2) is 0 Å². The van der Waals surface area contributed by atoms with Crippen LogP contribution in [0.3, 0.4) is 0 Å². The summed E-state index contributed by atoms with van der Waals surface area (Å²) in [5.74, 6) is 0.786. The molecule has 74 valence electrons. The summed E-state index contributed by atoms with van der Waals surface area (Å²) < 4.78 is 1.08. The minimum Gasteiger partial charge on any atom is -0.299 e. The van der Waals surface area contributed by atoms with Crippen LogP contribution in [-0.4, -0.2) is 5.78 Å². The van der Waals surface area contributed by atoms with E-state index < -0.39 is 0 Å². The third kappa shape index (κ3) is 2.24. The number of aryl methyl sites for hydroxylation is 1. The van der Waals surface area contributed by atoms with Gasteiger partial charge in [-0.1, -0.05) is 22.0 Å². The van der Waals surface area contributed by atoms with E-state index in [2.05, 4.69) is 28.9 Å². The highest BCUT2D eigenvalue weighted by Crippen LogP contribution is 2.31. The molecule has 14 heavy (non-hydrogen) atoms. The van der Waals surface area contributed by atoms with E-state index in [1.165, 1.54) is 11.1 Å². The lowest BCUT2D eigenvalue weighted by Crippen LogP contribution is -2.05. The van der Waals surface area contributed by atoms with Gasteiger partial charge in [0.1, 0.15) is 5.78 Å². The van der Waals surface area contributed by atoms with Crippen LogP contribution in [0.15, 0.2) is 22.7 Å². The largest absolute Gasteiger partial charge is 0.299 e. The van der Waals surface area contributed by atoms with E-state index in [9.17, 15) is 4.79 Å². The summed E-state index contributed by atoms with van der Waals surface area (Å²) in [7, 11) is 0. The summed E-state index contributed by atoms with van der Waals surface area (Å²) in [4.78, 5) is 11.6. The lowest BCUT2D eigenvalue weighted by molar-refractivity contribution is -0.119. The molecule has 1 fully saturated rings. The second-order valence-electron chi connectivity index (χ2n) is 3.99. The van der Waals surface area contributed by atoms with E-state index in [0.29, 0.717) is 18.1 Å². The Bertz CT molecular complexity index is 367. The summed E-state index contributed by atoms with van der Waals surface area (Å²) in [6, 6.07) is 6.11. The van der Waals surface area contributed by atoms with Crippen LogP contribution in [-0.2, 0) is 11.2 Å². The fourth-order valence-corrected chi connectivity index (χ4v) is 2.07. The molecule has 0 bridgehead atoms. The standard InChI is InChI=1S/C12H13BrO/c1-8-6-11(13)5-4-10(8)7-12(14)9-2-3-9/h4-6,9H,2-3,7H2,1H3. The van der Waals surface area contributed by atoms with Crippen molar-refractivity contribution in [2.45, 2.75) is 26.2 Å². The van der Waals surface area contributed by atoms with Gasteiger partial charge in [0, 0.05) is 16.8 Å². The molecule has 1 aromatic rings. The number of ketones is 1. The summed E-state index contributed by atoms with van der Waals surface area (Å²) in [5.41, 5.74) is 2.37. The minimum atomic E-state index is 0.373. The third-order valence-corrected chi connectivity index (χ3v) is 3.20. The zero-order valence-electron chi connectivity index (χ0n) is 8.22. The van der Waals surface area contributed by atoms with Gasteiger partial charge >= 0.3 is 0 Å². The van der Waals surface area contributed by atoms with Gasteiger partial charge in [-0.3, -0.25) is 4.79 Å². The Hall–Kier alpha value is -0.630. The fraction of sp³-hybridized carbons (Fsp3) is 0.417. The van der Waals surface area contributed by atoms with Gasteiger partial charge < -0.3 is 0 Å². The van der Waals surface area contributed by atoms with Crippen molar-refractivity contribution in [3.05, 3.63) is 33.8 Å². The maximum atomic E-state index is 11.6. The van der Waals surface area contributed by atoms with Crippen LogP contribution in [0.4, 0.5) is 0 Å². The van der Waals surface area contributed by atoms with Crippen molar-refractivity contribution in [3.8, 4) is 0 Å². The van der Waals surface area contributed by atoms with Crippen LogP contribution in [0.2, 0.25) is 0 Å². The van der Waals surface area contributed by atoms with Gasteiger partial charge in [0.05, 0.1) is 0 Å². The zero-order chi connectivity index (χ0) is 10.1. The van der Waals surface area contributed by atoms with Crippen molar-refractivity contribution in [2.75, 3.05) is 0 Å². The lowest BCUT2D eigenvalue weighted by Gasteiger charge is -2.04. The van der Waals surface area contributed by atoms with Crippen molar-refractivity contribution in [1.82, 2.24) is 0 Å². The zero-order valence-corrected chi connectivity index (χ0v) is 9.80. The van der Waals surface area contributed by atoms with Crippen molar-refractivity contribution >= 4 is 21.7 Å². The highest BCUT2D eigenvalue weighted by atomic mass is 79.9. The molecule has 1 aromatic carbocycles. The lowest BCUT2D eigenvalue weighted by atomic mass is 10.0. The third-order valence-electron chi connectivity index (χ3n) is 2.70. The van der Waals surface area contributed by atoms with Crippen LogP contribution < -0.4 is 0 Å². The Morgan fingerprint density at radius 2 is 2.21 bits per heavy atom. The molecule has 2 rings (SSSR count). The number of Topliss-reactive ketones (excluding diaryl/α,β-unsaturated/α-hetero) is 1. The van der Waals surface area contributed by atoms with Crippen molar-refractivity contribution in [3.63, 3.8) is 0 Å². The summed E-state index contributed by atoms with van der Waals surface area (Å²) in [6.07, 6.45) is 2.83. The molecule has 0 heterocycles. The second-order valence-corrected chi connectivity index (χ2v) is 4.90. The summed E-state index contributed by atoms with van der Waals surface area (Å²) >= 11 is 3.42. The molecule has 1 saturated carbocycles. The molecule has 0 aliphatic heterocycles. The molecule has 1 nitrogen and oxygen atoms in total. The number of carbonyl (C=O) groups is 1. The SMILES string of the molecule is Cc1cc(Br)ccc1CC(=O)C1CC1. The maximum Gasteiger partial charge on any atom is 0.140 e. The molecule has 0 aromatic heterocycles. The molecule has 0 saturated heterocycles. The van der Waals surface area contributed by atoms with Crippen LogP contribution in [0.25, 0.3) is 0 Å². The molecule has 0 N–H and O–H groups in total. The molecule has 0 amide bonds. The van der Waals surface area contributed by atoms with Crippen molar-refractivity contribution in [2.24, 2.45) is 5.92 Å². The molecule has 0 atom stereocenters. The Kier molecular flexibility index (Phi) is 2.73. The first-order valence-electron chi connectivity index (χ1n) is 4.94. The molecule has 2 heteroatoms. The second kappa shape index (κ2) is 3.85. The van der Waals surface area contributed by atoms with Gasteiger partial charge in [-0.15, -0.1) is 0 Å². The van der Waals surface area contributed by atoms with E-state index >= 15 is 0 Å². The maximum absolute atomic E-state index is 11.6. The number of benzene rings is 1. The van der Waals surface area contributed by atoms with Crippen LogP contribution >= 0.6 is 15.9 Å². The quantitative estimate of drug-likeness (QED) is 0.807. The normalized spacial score (nSPS) is 15.6. The molecular weight excluding hydrogens is 240 g/mol. The molecule has 0 spiro atoms. The van der Waals surface area contributed by atoms with Gasteiger partial charge in [-0.05, 0) is 43.0 Å². The van der Waals surface area contributed by atoms with Crippen molar-refractivity contribution in [1.29, 1.82) is 0 Å². The summed E-state index contributed by atoms with van der Waals surface area (Å²) in [6.45, 7) is 2.06. The number of hydrogen-bond acceptors (Lipinski definition) is 1.